The number of carbonyl (C=O) groups excluding carboxylic acids is 1. The second-order valence-electron chi connectivity index (χ2n) is 8.94. The molecule has 0 radical (unpaired) electrons. The van der Waals surface area contributed by atoms with Crippen LogP contribution in [0, 0.1) is 5.92 Å². The van der Waals surface area contributed by atoms with Crippen LogP contribution in [-0.2, 0) is 13.0 Å². The number of hydrogen-bond acceptors (Lipinski definition) is 3. The molecule has 1 amide bonds. The first-order chi connectivity index (χ1) is 16.7. The molecule has 3 aromatic carbocycles. The number of methoxy groups -OCH3 is 1. The smallest absolute Gasteiger partial charge is 0.270 e. The van der Waals surface area contributed by atoms with Crippen molar-refractivity contribution < 1.29 is 14.3 Å². The first kappa shape index (κ1) is 22.1. The van der Waals surface area contributed by atoms with E-state index in [0.29, 0.717) is 29.7 Å². The summed E-state index contributed by atoms with van der Waals surface area (Å²) in [5.74, 6) is 1.94. The summed E-state index contributed by atoms with van der Waals surface area (Å²) in [5.41, 5.74) is 3.84. The van der Waals surface area contributed by atoms with Crippen molar-refractivity contribution in [2.75, 3.05) is 20.2 Å². The maximum atomic E-state index is 13.3. The van der Waals surface area contributed by atoms with Crippen LogP contribution in [0.1, 0.15) is 34.5 Å². The number of amides is 1. The Bertz CT molecular complexity index is 1240. The summed E-state index contributed by atoms with van der Waals surface area (Å²) in [7, 11) is 1.63. The molecule has 5 heteroatoms. The lowest BCUT2D eigenvalue weighted by molar-refractivity contribution is 0.0685. The highest BCUT2D eigenvalue weighted by atomic mass is 16.5. The van der Waals surface area contributed by atoms with E-state index in [4.69, 9.17) is 9.47 Å². The molecule has 5 rings (SSSR count). The zero-order chi connectivity index (χ0) is 23.3. The molecule has 0 aliphatic carbocycles. The highest BCUT2D eigenvalue weighted by Gasteiger charge is 2.25. The van der Waals surface area contributed by atoms with Gasteiger partial charge in [-0.25, -0.2) is 0 Å². The van der Waals surface area contributed by atoms with E-state index >= 15 is 0 Å². The van der Waals surface area contributed by atoms with E-state index in [-0.39, 0.29) is 5.91 Å². The predicted octanol–water partition coefficient (Wildman–Crippen LogP) is 5.85. The number of ether oxygens (including phenoxy) is 2. The van der Waals surface area contributed by atoms with E-state index in [0.717, 1.165) is 48.8 Å². The number of carbonyl (C=O) groups is 1. The van der Waals surface area contributed by atoms with Crippen molar-refractivity contribution in [3.8, 4) is 11.5 Å². The van der Waals surface area contributed by atoms with Gasteiger partial charge in [0.2, 0.25) is 0 Å². The molecular formula is C29H30N2O3. The van der Waals surface area contributed by atoms with Gasteiger partial charge in [-0.15, -0.1) is 0 Å². The number of fused-ring (bicyclic) bond motifs is 1. The van der Waals surface area contributed by atoms with Gasteiger partial charge >= 0.3 is 0 Å². The summed E-state index contributed by atoms with van der Waals surface area (Å²) in [6.07, 6.45) is 3.14. The lowest BCUT2D eigenvalue weighted by Gasteiger charge is -2.31. The fourth-order valence-electron chi connectivity index (χ4n) is 4.78. The zero-order valence-corrected chi connectivity index (χ0v) is 19.5. The number of rotatable bonds is 7. The van der Waals surface area contributed by atoms with Gasteiger partial charge < -0.3 is 19.4 Å². The van der Waals surface area contributed by atoms with Gasteiger partial charge in [-0.3, -0.25) is 4.79 Å². The number of piperidine rings is 1. The van der Waals surface area contributed by atoms with Crippen molar-refractivity contribution >= 4 is 16.8 Å². The molecule has 2 heterocycles. The molecule has 5 nitrogen and oxygen atoms in total. The van der Waals surface area contributed by atoms with Crippen LogP contribution in [0.4, 0.5) is 0 Å². The molecule has 1 saturated heterocycles. The Morgan fingerprint density at radius 3 is 2.29 bits per heavy atom. The van der Waals surface area contributed by atoms with Gasteiger partial charge in [-0.1, -0.05) is 60.7 Å². The minimum absolute atomic E-state index is 0.0446. The van der Waals surface area contributed by atoms with E-state index in [1.165, 1.54) is 5.56 Å². The van der Waals surface area contributed by atoms with Gasteiger partial charge in [-0.05, 0) is 54.5 Å². The predicted molar refractivity (Wildman–Crippen MR) is 134 cm³/mol. The van der Waals surface area contributed by atoms with Crippen molar-refractivity contribution in [1.29, 1.82) is 0 Å². The van der Waals surface area contributed by atoms with Gasteiger partial charge in [0.1, 0.15) is 12.3 Å². The zero-order valence-electron chi connectivity index (χ0n) is 19.5. The largest absolute Gasteiger partial charge is 0.491 e. The van der Waals surface area contributed by atoms with Crippen LogP contribution in [0.5, 0.6) is 11.5 Å². The molecule has 1 aliphatic rings. The summed E-state index contributed by atoms with van der Waals surface area (Å²) in [6, 6.07) is 26.4. The number of H-pyrrole nitrogens is 1. The van der Waals surface area contributed by atoms with Crippen LogP contribution in [-0.4, -0.2) is 36.0 Å². The van der Waals surface area contributed by atoms with Crippen LogP contribution >= 0.6 is 0 Å². The second-order valence-corrected chi connectivity index (χ2v) is 8.94. The summed E-state index contributed by atoms with van der Waals surface area (Å²) in [4.78, 5) is 18.5. The minimum atomic E-state index is 0.0446. The Balaban J connectivity index is 1.27. The highest BCUT2D eigenvalue weighted by Crippen LogP contribution is 2.36. The standard InChI is InChI=1S/C29H30N2O3/c1-33-28-26(34-20-23-10-6-3-7-11-23)13-12-24-19-25(30-27(24)28)29(32)31-16-14-22(15-17-31)18-21-8-4-2-5-9-21/h2-13,19,22,30H,14-18,20H2,1H3. The SMILES string of the molecule is COc1c(OCc2ccccc2)ccc2cc(C(=O)N3CCC(Cc4ccccc4)CC3)[nH]c12. The maximum Gasteiger partial charge on any atom is 0.270 e. The van der Waals surface area contributed by atoms with Gasteiger partial charge in [0.05, 0.1) is 12.6 Å². The fraction of sp³-hybridized carbons (Fsp3) is 0.276. The Hall–Kier alpha value is -3.73. The summed E-state index contributed by atoms with van der Waals surface area (Å²) >= 11 is 0. The van der Waals surface area contributed by atoms with Crippen molar-refractivity contribution in [1.82, 2.24) is 9.88 Å². The Morgan fingerprint density at radius 1 is 0.941 bits per heavy atom. The van der Waals surface area contributed by atoms with Crippen molar-refractivity contribution in [2.24, 2.45) is 5.92 Å². The molecule has 1 fully saturated rings. The summed E-state index contributed by atoms with van der Waals surface area (Å²) in [6.45, 7) is 2.02. The Morgan fingerprint density at radius 2 is 1.62 bits per heavy atom. The van der Waals surface area contributed by atoms with E-state index < -0.39 is 0 Å². The van der Waals surface area contributed by atoms with Gasteiger partial charge in [0, 0.05) is 18.5 Å². The third kappa shape index (κ3) is 4.79. The normalized spacial score (nSPS) is 14.3. The van der Waals surface area contributed by atoms with Crippen LogP contribution in [0.3, 0.4) is 0 Å². The summed E-state index contributed by atoms with van der Waals surface area (Å²) < 4.78 is 11.7. The average Bonchev–Trinajstić information content (AvgIpc) is 3.33. The van der Waals surface area contributed by atoms with E-state index in [9.17, 15) is 4.79 Å². The number of hydrogen-bond donors (Lipinski definition) is 1. The molecular weight excluding hydrogens is 424 g/mol. The van der Waals surface area contributed by atoms with Crippen LogP contribution < -0.4 is 9.47 Å². The lowest BCUT2D eigenvalue weighted by Crippen LogP contribution is -2.39. The average molecular weight is 455 g/mol. The van der Waals surface area contributed by atoms with Crippen LogP contribution in [0.25, 0.3) is 10.9 Å². The number of nitrogens with one attached hydrogen (secondary N) is 1. The number of aromatic amines is 1. The van der Waals surface area contributed by atoms with Crippen molar-refractivity contribution in [3.05, 3.63) is 95.7 Å². The number of benzene rings is 3. The van der Waals surface area contributed by atoms with Crippen molar-refractivity contribution in [3.63, 3.8) is 0 Å². The second kappa shape index (κ2) is 10.0. The van der Waals surface area contributed by atoms with Gasteiger partial charge in [0.15, 0.2) is 11.5 Å². The van der Waals surface area contributed by atoms with Gasteiger partial charge in [-0.2, -0.15) is 0 Å². The van der Waals surface area contributed by atoms with Gasteiger partial charge in [0.25, 0.3) is 5.91 Å². The minimum Gasteiger partial charge on any atom is -0.491 e. The van der Waals surface area contributed by atoms with E-state index in [1.807, 2.05) is 53.4 Å². The van der Waals surface area contributed by atoms with Crippen molar-refractivity contribution in [2.45, 2.75) is 25.9 Å². The lowest BCUT2D eigenvalue weighted by atomic mass is 9.90. The van der Waals surface area contributed by atoms with E-state index in [1.54, 1.807) is 7.11 Å². The first-order valence-electron chi connectivity index (χ1n) is 11.9. The molecule has 0 saturated carbocycles. The molecule has 1 N–H and O–H groups in total. The molecule has 1 aliphatic heterocycles. The first-order valence-corrected chi connectivity index (χ1v) is 11.9. The summed E-state index contributed by atoms with van der Waals surface area (Å²) in [5, 5.41) is 0.936. The highest BCUT2D eigenvalue weighted by molar-refractivity contribution is 6.00. The molecule has 34 heavy (non-hydrogen) atoms. The quantitative estimate of drug-likeness (QED) is 0.381. The number of nitrogens with zero attached hydrogens (tertiary/aromatic N) is 1. The third-order valence-corrected chi connectivity index (χ3v) is 6.65. The molecule has 4 aromatic rings. The molecule has 0 atom stereocenters. The third-order valence-electron chi connectivity index (χ3n) is 6.65. The topological polar surface area (TPSA) is 54.6 Å². The molecule has 174 valence electrons. The van der Waals surface area contributed by atoms with Crippen LogP contribution in [0.2, 0.25) is 0 Å². The fourth-order valence-corrected chi connectivity index (χ4v) is 4.78. The maximum absolute atomic E-state index is 13.3. The monoisotopic (exact) mass is 454 g/mol. The number of likely N-dealkylation sites (tertiary alicyclic amines) is 1. The van der Waals surface area contributed by atoms with Crippen LogP contribution in [0.15, 0.2) is 78.9 Å². The Kier molecular flexibility index (Phi) is 6.52. The van der Waals surface area contributed by atoms with E-state index in [2.05, 4.69) is 35.3 Å². The molecule has 0 unspecified atom stereocenters. The molecule has 1 aromatic heterocycles. The number of aromatic nitrogens is 1. The molecule has 0 spiro atoms. The molecule has 0 bridgehead atoms. The Labute approximate surface area is 200 Å².